The van der Waals surface area contributed by atoms with Crippen molar-refractivity contribution in [3.05, 3.63) is 92.4 Å². The van der Waals surface area contributed by atoms with Crippen LogP contribution in [0.3, 0.4) is 0 Å². The van der Waals surface area contributed by atoms with Gasteiger partial charge in [0, 0.05) is 19.7 Å². The molecule has 11 nitrogen and oxygen atoms in total. The minimum Gasteiger partial charge on any atom is -0.451 e. The molecule has 2 aromatic carbocycles. The Kier molecular flexibility index (Phi) is 6.72. The van der Waals surface area contributed by atoms with Crippen molar-refractivity contribution in [2.24, 2.45) is 14.1 Å². The number of rotatable bonds is 6. The first-order valence-corrected chi connectivity index (χ1v) is 10.9. The van der Waals surface area contributed by atoms with Crippen LogP contribution in [0.25, 0.3) is 17.1 Å². The summed E-state index contributed by atoms with van der Waals surface area (Å²) in [5, 5.41) is 4.02. The Morgan fingerprint density at radius 3 is 2.34 bits per heavy atom. The molecule has 2 heterocycles. The summed E-state index contributed by atoms with van der Waals surface area (Å²) in [5.74, 6) is -3.07. The van der Waals surface area contributed by atoms with E-state index in [1.165, 1.54) is 19.2 Å². The lowest BCUT2D eigenvalue weighted by molar-refractivity contribution is -0.137. The van der Waals surface area contributed by atoms with Gasteiger partial charge in [-0.1, -0.05) is 36.4 Å². The Morgan fingerprint density at radius 1 is 1.00 bits per heavy atom. The molecule has 0 fully saturated rings. The highest BCUT2D eigenvalue weighted by atomic mass is 19.4. The third kappa shape index (κ3) is 4.83. The molecule has 0 saturated carbocycles. The Hall–Kier alpha value is -5.01. The molecule has 2 aromatic heterocycles. The van der Waals surface area contributed by atoms with E-state index in [4.69, 9.17) is 10.5 Å². The smallest absolute Gasteiger partial charge is 0.416 e. The van der Waals surface area contributed by atoms with Gasteiger partial charge in [0.05, 0.1) is 11.3 Å². The summed E-state index contributed by atoms with van der Waals surface area (Å²) >= 11 is 0. The first-order chi connectivity index (χ1) is 17.9. The van der Waals surface area contributed by atoms with Crippen molar-refractivity contribution in [3.63, 3.8) is 0 Å². The Balaban J connectivity index is 1.67. The van der Waals surface area contributed by atoms with Gasteiger partial charge in [0.25, 0.3) is 11.4 Å². The Labute approximate surface area is 211 Å². The zero-order chi connectivity index (χ0) is 27.8. The van der Waals surface area contributed by atoms with E-state index in [1.54, 1.807) is 30.3 Å². The zero-order valence-electron chi connectivity index (χ0n) is 19.9. The quantitative estimate of drug-likeness (QED) is 0.296. The van der Waals surface area contributed by atoms with Gasteiger partial charge >= 0.3 is 17.8 Å². The number of aromatic nitrogens is 5. The number of hydrogen-bond donors (Lipinski definition) is 1. The van der Waals surface area contributed by atoms with E-state index in [9.17, 15) is 32.3 Å². The van der Waals surface area contributed by atoms with Crippen LogP contribution in [-0.4, -0.2) is 42.3 Å². The molecule has 38 heavy (non-hydrogen) atoms. The Morgan fingerprint density at radius 2 is 1.68 bits per heavy atom. The number of ether oxygens (including phenoxy) is 1. The molecule has 0 radical (unpaired) electrons. The number of Topliss-reactive ketones (excluding diaryl/α,β-unsaturated/α-hetero) is 1. The molecule has 0 aliphatic carbocycles. The number of anilines is 1. The van der Waals surface area contributed by atoms with Crippen LogP contribution in [0.2, 0.25) is 0 Å². The molecule has 0 atom stereocenters. The number of halogens is 3. The maximum Gasteiger partial charge on any atom is 0.416 e. The van der Waals surface area contributed by atoms with E-state index >= 15 is 0 Å². The number of nitrogens with zero attached hydrogens (tertiary/aromatic N) is 5. The maximum atomic E-state index is 13.3. The van der Waals surface area contributed by atoms with Gasteiger partial charge in [-0.3, -0.25) is 18.7 Å². The van der Waals surface area contributed by atoms with Gasteiger partial charge in [0.15, 0.2) is 12.4 Å². The average molecular weight is 528 g/mol. The summed E-state index contributed by atoms with van der Waals surface area (Å²) in [7, 11) is 2.41. The summed E-state index contributed by atoms with van der Waals surface area (Å²) in [5.41, 5.74) is 2.96. The molecule has 0 bridgehead atoms. The van der Waals surface area contributed by atoms with E-state index in [0.29, 0.717) is 10.1 Å². The average Bonchev–Trinajstić information content (AvgIpc) is 3.35. The fraction of sp³-hybridized carbons (Fsp3) is 0.167. The first-order valence-electron chi connectivity index (χ1n) is 10.9. The molecule has 0 aliphatic rings. The van der Waals surface area contributed by atoms with Crippen LogP contribution >= 0.6 is 0 Å². The van der Waals surface area contributed by atoms with Gasteiger partial charge in [0.1, 0.15) is 11.4 Å². The van der Waals surface area contributed by atoms with Crippen LogP contribution in [0.15, 0.2) is 64.2 Å². The molecule has 0 unspecified atom stereocenters. The van der Waals surface area contributed by atoms with Crippen molar-refractivity contribution in [1.82, 2.24) is 23.9 Å². The van der Waals surface area contributed by atoms with Gasteiger partial charge < -0.3 is 10.5 Å². The minimum absolute atomic E-state index is 0.0252. The number of esters is 1. The highest BCUT2D eigenvalue weighted by Gasteiger charge is 2.31. The molecule has 14 heteroatoms. The molecule has 0 spiro atoms. The molecular formula is C24H19F3N6O5. The van der Waals surface area contributed by atoms with Crippen molar-refractivity contribution >= 4 is 17.6 Å². The largest absolute Gasteiger partial charge is 0.451 e. The molecule has 4 aromatic rings. The van der Waals surface area contributed by atoms with Crippen LogP contribution < -0.4 is 17.0 Å². The van der Waals surface area contributed by atoms with Crippen molar-refractivity contribution < 1.29 is 27.5 Å². The summed E-state index contributed by atoms with van der Waals surface area (Å²) in [6, 6.07) is 12.5. The molecule has 2 N–H and O–H groups in total. The van der Waals surface area contributed by atoms with Crippen LogP contribution in [0.4, 0.5) is 19.0 Å². The van der Waals surface area contributed by atoms with Crippen molar-refractivity contribution in [2.75, 3.05) is 12.3 Å². The van der Waals surface area contributed by atoms with Crippen molar-refractivity contribution in [1.29, 1.82) is 0 Å². The van der Waals surface area contributed by atoms with E-state index in [0.717, 1.165) is 28.4 Å². The lowest BCUT2D eigenvalue weighted by Gasteiger charge is -2.10. The SMILES string of the molecule is Cn1c(N)c(C(=O)COC(=O)c2nc(-c3ccccc3)n(-c3cccc(C(F)(F)F)c3)n2)c(=O)n(C)c1=O. The van der Waals surface area contributed by atoms with Gasteiger partial charge in [-0.2, -0.15) is 13.2 Å². The van der Waals surface area contributed by atoms with Crippen molar-refractivity contribution in [3.8, 4) is 17.1 Å². The fourth-order valence-corrected chi connectivity index (χ4v) is 3.56. The zero-order valence-corrected chi connectivity index (χ0v) is 19.9. The number of alkyl halides is 3. The predicted octanol–water partition coefficient (Wildman–Crippen LogP) is 1.97. The van der Waals surface area contributed by atoms with E-state index in [1.807, 2.05) is 0 Å². The lowest BCUT2D eigenvalue weighted by Crippen LogP contribution is -2.42. The topological polar surface area (TPSA) is 144 Å². The number of nitrogen functional groups attached to an aromatic ring is 1. The molecule has 0 amide bonds. The summed E-state index contributed by atoms with van der Waals surface area (Å²) in [6.07, 6.45) is -4.62. The maximum absolute atomic E-state index is 13.3. The van der Waals surface area contributed by atoms with Crippen LogP contribution in [0, 0.1) is 0 Å². The standard InChI is InChI=1S/C24H19F3N6O5/c1-31-18(28)17(21(35)32(2)23(31)37)16(34)12-38-22(36)19-29-20(13-7-4-3-5-8-13)33(30-19)15-10-6-9-14(11-15)24(25,26)27/h3-11H,12,28H2,1-2H3. The molecule has 4 rings (SSSR count). The third-order valence-corrected chi connectivity index (χ3v) is 5.56. The second-order valence-corrected chi connectivity index (χ2v) is 8.05. The fourth-order valence-electron chi connectivity index (χ4n) is 3.56. The molecular weight excluding hydrogens is 509 g/mol. The van der Waals surface area contributed by atoms with Gasteiger partial charge in [-0.05, 0) is 18.2 Å². The highest BCUT2D eigenvalue weighted by molar-refractivity contribution is 6.01. The van der Waals surface area contributed by atoms with E-state index in [-0.39, 0.29) is 11.5 Å². The molecule has 0 saturated heterocycles. The lowest BCUT2D eigenvalue weighted by atomic mass is 10.2. The van der Waals surface area contributed by atoms with Crippen LogP contribution in [0.5, 0.6) is 0 Å². The number of benzene rings is 2. The third-order valence-electron chi connectivity index (χ3n) is 5.56. The number of ketones is 1. The van der Waals surface area contributed by atoms with Crippen LogP contribution in [0.1, 0.15) is 26.5 Å². The second kappa shape index (κ2) is 9.80. The Bertz CT molecular complexity index is 1670. The van der Waals surface area contributed by atoms with Crippen molar-refractivity contribution in [2.45, 2.75) is 6.18 Å². The number of hydrogen-bond acceptors (Lipinski definition) is 8. The first kappa shape index (κ1) is 26.1. The summed E-state index contributed by atoms with van der Waals surface area (Å²) in [4.78, 5) is 53.8. The number of carbonyl (C=O) groups excluding carboxylic acids is 2. The summed E-state index contributed by atoms with van der Waals surface area (Å²) in [6.45, 7) is -0.935. The number of carbonyl (C=O) groups is 2. The second-order valence-electron chi connectivity index (χ2n) is 8.05. The molecule has 196 valence electrons. The number of nitrogens with two attached hydrogens (primary N) is 1. The van der Waals surface area contributed by atoms with Gasteiger partial charge in [-0.25, -0.2) is 19.3 Å². The van der Waals surface area contributed by atoms with E-state index < -0.39 is 58.6 Å². The molecule has 0 aliphatic heterocycles. The summed E-state index contributed by atoms with van der Waals surface area (Å²) < 4.78 is 47.4. The van der Waals surface area contributed by atoms with Gasteiger partial charge in [0.2, 0.25) is 5.78 Å². The van der Waals surface area contributed by atoms with E-state index in [2.05, 4.69) is 10.1 Å². The van der Waals surface area contributed by atoms with Crippen LogP contribution in [-0.2, 0) is 25.0 Å². The van der Waals surface area contributed by atoms with Gasteiger partial charge in [-0.15, -0.1) is 5.10 Å². The predicted molar refractivity (Wildman–Crippen MR) is 128 cm³/mol. The minimum atomic E-state index is -4.62. The monoisotopic (exact) mass is 528 g/mol. The normalized spacial score (nSPS) is 11.4. The highest BCUT2D eigenvalue weighted by Crippen LogP contribution is 2.31.